The highest BCUT2D eigenvalue weighted by Gasteiger charge is 2.48. The number of aromatic nitrogens is 22. The Labute approximate surface area is 903 Å². The van der Waals surface area contributed by atoms with Gasteiger partial charge >= 0.3 is 0 Å². The van der Waals surface area contributed by atoms with Gasteiger partial charge in [0, 0.05) is 112 Å². The standard InChI is InChI=1S/C14H20N2O2.C13H21N3O.C12H19N3O.C11H17N3O.C11H16N2O.C11H16N2S.C11H15NOS.2C10H16N4.C10H14N2S2/c1-13(2,3)15-7-9-10(8-15)12(18)16(11(9)17)14(4,5)6;1-8(2)10-7-14-12-15(9(3)4)11(17)13(5,6)16(10)12;1-7(2)10-6-13-12-14(8(3)4)11(16)9(5)15(10)12;1-7(2)9-5-12-11-13(9)6-10(15)14(11)8(3)4;2*1-7(2)10-9-5-6-13(8(3)4)11(9)14-12-10;1-6(2)8-5-14-11-9(7(3)4)12-13-10(8)11;1-7(2)13-9-5-12-14(8(3)4)10(9)6-11-13;2*1-5(2)7-9-10(14-11-7)8(6(3)4)12-13-9/h7-8H,1-6H3;7-9H,1-6H3;6-9H,1-5H3;5,7-8H,6H2,1-4H3;2*5-8H,1-4H3;5-7H,1-4H3;5-8H,1-4H3;5-6H,1-4H3,(H,11,14)(H,12,13);5-6H,1-4H3. The first-order valence-corrected chi connectivity index (χ1v) is 56.8. The molecule has 150 heavy (non-hydrogen) atoms. The molecule has 16 aromatic heterocycles. The van der Waals surface area contributed by atoms with Crippen LogP contribution >= 0.6 is 45.9 Å². The van der Waals surface area contributed by atoms with Crippen LogP contribution in [0.15, 0.2) is 82.3 Å². The summed E-state index contributed by atoms with van der Waals surface area (Å²) in [4.78, 5) is 82.0. The molecule has 0 bridgehead atoms. The number of hydrogen-bond acceptors (Lipinski definition) is 23. The van der Waals surface area contributed by atoms with Crippen LogP contribution < -0.4 is 14.7 Å². The van der Waals surface area contributed by atoms with E-state index in [1.54, 1.807) is 73.0 Å². The van der Waals surface area contributed by atoms with Crippen LogP contribution in [-0.4, -0.2) is 164 Å². The van der Waals surface area contributed by atoms with Crippen molar-refractivity contribution in [1.29, 1.82) is 0 Å². The minimum Gasteiger partial charge on any atom is -0.355 e. The van der Waals surface area contributed by atoms with Crippen LogP contribution in [0.1, 0.15) is 490 Å². The average molecular weight is 2130 g/mol. The molecule has 1 unspecified atom stereocenters. The van der Waals surface area contributed by atoms with Crippen LogP contribution in [0.25, 0.3) is 63.1 Å². The van der Waals surface area contributed by atoms with Crippen LogP contribution in [0.3, 0.4) is 0 Å². The predicted octanol–water partition coefficient (Wildman–Crippen LogP) is 29.4. The summed E-state index contributed by atoms with van der Waals surface area (Å²) in [5, 5.41) is 36.3. The van der Waals surface area contributed by atoms with Gasteiger partial charge in [-0.3, -0.25) is 67.7 Å². The molecule has 20 rings (SSSR count). The van der Waals surface area contributed by atoms with Crippen molar-refractivity contribution < 1.29 is 33.0 Å². The SMILES string of the molecule is CC(C)(C)N1C(=O)c2cn(C(C)(C)C)cc2C1=O.CC(C)c1cnc2n1C(C)(C)C(=O)N2C(C)C.CC(C)c1cnc2n1C(C)C(=O)N2C(C)C.CC(C)c1cnc2n1CC(=O)N2C(C)C.CC(C)c1csc2c(C(C)C)noc12.CC(C)c1n[nH]c2c(C(C)C)[nH]nc12.CC(C)c1noc2c1ccn2C(C)C.CC(C)c1nsc2c(C(C)C)nsc12.CC(C)c1nsc2c1ccn2C(C)C.CC(C)n1ncc2c1cnn2C(C)C. The molecule has 0 radical (unpaired) electrons. The first-order valence-electron chi connectivity index (χ1n) is 53.6. The van der Waals surface area contributed by atoms with E-state index in [-0.39, 0.29) is 59.2 Å². The Bertz CT molecular complexity index is 6310. The molecule has 4 aliphatic rings. The Morgan fingerprint density at radius 2 is 0.900 bits per heavy atom. The van der Waals surface area contributed by atoms with Crippen LogP contribution in [0.2, 0.25) is 0 Å². The molecular weight excluding hydrogens is 1960 g/mol. The Morgan fingerprint density at radius 3 is 1.36 bits per heavy atom. The Morgan fingerprint density at radius 1 is 0.433 bits per heavy atom. The molecular formula is C113H170N26O7S4. The van der Waals surface area contributed by atoms with E-state index in [9.17, 15) is 24.0 Å². The first-order chi connectivity index (χ1) is 69.9. The number of hydrogen-bond donors (Lipinski definition) is 2. The number of H-pyrrole nitrogens is 2. The second kappa shape index (κ2) is 47.8. The van der Waals surface area contributed by atoms with Crippen molar-refractivity contribution in [3.05, 3.63) is 147 Å². The van der Waals surface area contributed by atoms with Gasteiger partial charge in [-0.15, -0.1) is 11.3 Å². The number of aromatic amines is 2. The molecule has 0 aromatic carbocycles. The highest BCUT2D eigenvalue weighted by atomic mass is 32.1. The second-order valence-electron chi connectivity index (χ2n) is 47.4. The van der Waals surface area contributed by atoms with Gasteiger partial charge in [-0.25, -0.2) is 15.0 Å². The van der Waals surface area contributed by atoms with Crippen molar-refractivity contribution in [2.45, 2.75) is 448 Å². The number of nitrogens with zero attached hydrogens (tertiary/aromatic N) is 24. The summed E-state index contributed by atoms with van der Waals surface area (Å²) in [7, 11) is 0. The number of imide groups is 1. The molecule has 4 aliphatic heterocycles. The van der Waals surface area contributed by atoms with Crippen molar-refractivity contribution in [3.63, 3.8) is 0 Å². The van der Waals surface area contributed by atoms with Crippen LogP contribution in [0, 0.1) is 0 Å². The molecule has 818 valence electrons. The molecule has 0 saturated heterocycles. The number of amides is 5. The predicted molar refractivity (Wildman–Crippen MR) is 615 cm³/mol. The molecule has 0 saturated carbocycles. The van der Waals surface area contributed by atoms with Crippen molar-refractivity contribution in [2.75, 3.05) is 14.7 Å². The van der Waals surface area contributed by atoms with E-state index in [2.05, 4.69) is 325 Å². The maximum absolute atomic E-state index is 12.4. The quantitative estimate of drug-likeness (QED) is 0.0753. The molecule has 5 amide bonds. The van der Waals surface area contributed by atoms with Crippen molar-refractivity contribution in [3.8, 4) is 0 Å². The number of carbonyl (C=O) groups excluding carboxylic acids is 5. The van der Waals surface area contributed by atoms with Gasteiger partial charge in [0.2, 0.25) is 29.5 Å². The Hall–Kier alpha value is -11.6. The Kier molecular flexibility index (Phi) is 37.8. The van der Waals surface area contributed by atoms with E-state index < -0.39 is 11.1 Å². The number of rotatable bonds is 18. The highest BCUT2D eigenvalue weighted by molar-refractivity contribution is 7.22. The largest absolute Gasteiger partial charge is 0.355 e. The fourth-order valence-electron chi connectivity index (χ4n) is 18.5. The lowest BCUT2D eigenvalue weighted by molar-refractivity contribution is -0.124. The lowest BCUT2D eigenvalue weighted by Gasteiger charge is -2.30. The van der Waals surface area contributed by atoms with Gasteiger partial charge in [0.1, 0.15) is 50.7 Å². The van der Waals surface area contributed by atoms with Gasteiger partial charge in [-0.1, -0.05) is 163 Å². The number of thiophene rings is 1. The molecule has 1 atom stereocenters. The maximum atomic E-state index is 12.4. The van der Waals surface area contributed by atoms with Gasteiger partial charge in [-0.05, 0) is 271 Å². The molecule has 16 aromatic rings. The van der Waals surface area contributed by atoms with E-state index in [1.165, 1.54) is 51.9 Å². The molecule has 0 fully saturated rings. The third-order valence-electron chi connectivity index (χ3n) is 26.8. The third-order valence-corrected chi connectivity index (χ3v) is 30.6. The van der Waals surface area contributed by atoms with Crippen molar-refractivity contribution >= 4 is 156 Å². The van der Waals surface area contributed by atoms with Crippen LogP contribution in [0.4, 0.5) is 17.8 Å². The van der Waals surface area contributed by atoms with Crippen molar-refractivity contribution in [1.82, 2.24) is 111 Å². The zero-order valence-electron chi connectivity index (χ0n) is 97.8. The van der Waals surface area contributed by atoms with Gasteiger partial charge < -0.3 is 31.9 Å². The molecule has 20 heterocycles. The fraction of sp³-hybridized carbons (Fsp3) is 0.602. The minimum atomic E-state index is -0.518. The van der Waals surface area contributed by atoms with Gasteiger partial charge in [-0.2, -0.15) is 33.5 Å². The Balaban J connectivity index is 0.000000158. The maximum Gasteiger partial charge on any atom is 0.263 e. The summed E-state index contributed by atoms with van der Waals surface area (Å²) >= 11 is 6.57. The molecule has 0 aliphatic carbocycles. The number of nitrogens with one attached hydrogen (secondary N) is 2. The van der Waals surface area contributed by atoms with E-state index in [0.717, 1.165) is 96.5 Å². The summed E-state index contributed by atoms with van der Waals surface area (Å²) < 4.78 is 44.6. The summed E-state index contributed by atoms with van der Waals surface area (Å²) in [5.41, 5.74) is 18.8. The summed E-state index contributed by atoms with van der Waals surface area (Å²) in [5.74, 6) is 7.38. The second-order valence-corrected chi connectivity index (χ2v) is 50.6. The monoisotopic (exact) mass is 2130 g/mol. The van der Waals surface area contributed by atoms with Gasteiger partial charge in [0.15, 0.2) is 5.58 Å². The molecule has 33 nitrogen and oxygen atoms in total. The molecule has 37 heteroatoms. The minimum absolute atomic E-state index is 0.114. The number of carbonyl (C=O) groups is 5. The molecule has 2 N–H and O–H groups in total. The van der Waals surface area contributed by atoms with E-state index in [0.29, 0.717) is 107 Å². The van der Waals surface area contributed by atoms with Gasteiger partial charge in [0.05, 0.1) is 95.8 Å². The summed E-state index contributed by atoms with van der Waals surface area (Å²) in [6.07, 6.45) is 17.2. The lowest BCUT2D eigenvalue weighted by atomic mass is 10.0. The molecule has 0 spiro atoms. The zero-order chi connectivity index (χ0) is 112. The number of fused-ring (bicyclic) bond motifs is 10. The van der Waals surface area contributed by atoms with E-state index in [4.69, 9.17) is 9.05 Å². The third kappa shape index (κ3) is 24.5. The number of anilines is 3. The number of imidazole rings is 3. The van der Waals surface area contributed by atoms with Crippen LogP contribution in [-0.2, 0) is 32.0 Å². The van der Waals surface area contributed by atoms with Gasteiger partial charge in [0.25, 0.3) is 23.6 Å². The summed E-state index contributed by atoms with van der Waals surface area (Å²) in [6, 6.07) is 6.36. The topological polar surface area (TPSA) is 350 Å². The summed E-state index contributed by atoms with van der Waals surface area (Å²) in [6.45, 7) is 94.6. The highest BCUT2D eigenvalue weighted by Crippen LogP contribution is 2.44. The normalized spacial score (nSPS) is 14.6. The first kappa shape index (κ1) is 119. The smallest absolute Gasteiger partial charge is 0.263 e. The zero-order valence-corrected chi connectivity index (χ0v) is 101. The van der Waals surface area contributed by atoms with E-state index in [1.807, 2.05) is 153 Å². The van der Waals surface area contributed by atoms with Crippen molar-refractivity contribution in [2.24, 2.45) is 0 Å². The fourth-order valence-corrected chi connectivity index (χ4v) is 23.4. The average Bonchev–Trinajstić information content (AvgIpc) is 1.65. The lowest BCUT2D eigenvalue weighted by Crippen LogP contribution is -2.45. The van der Waals surface area contributed by atoms with E-state index >= 15 is 0 Å². The van der Waals surface area contributed by atoms with Crippen LogP contribution in [0.5, 0.6) is 0 Å².